The van der Waals surface area contributed by atoms with Gasteiger partial charge >= 0.3 is 5.97 Å². The summed E-state index contributed by atoms with van der Waals surface area (Å²) < 4.78 is 5.49. The summed E-state index contributed by atoms with van der Waals surface area (Å²) in [5.74, 6) is -0.462. The number of aromatic carboxylic acids is 1. The Balaban J connectivity index is 0.00000385. The number of aromatic hydroxyl groups is 1. The monoisotopic (exact) mass is 471 g/mol. The van der Waals surface area contributed by atoms with E-state index in [2.05, 4.69) is 5.32 Å². The molecule has 0 aromatic heterocycles. The number of phenols is 1. The number of carboxylic acid groups (broad SMARTS) is 1. The molecule has 0 aliphatic carbocycles. The Hall–Kier alpha value is -3.06. The molecule has 0 aliphatic rings. The van der Waals surface area contributed by atoms with Gasteiger partial charge in [0.05, 0.1) is 12.7 Å². The highest BCUT2D eigenvalue weighted by molar-refractivity contribution is 5.92. The molecule has 0 bridgehead atoms. The zero-order chi connectivity index (χ0) is 23.1. The predicted molar refractivity (Wildman–Crippen MR) is 131 cm³/mol. The Morgan fingerprint density at radius 2 is 1.64 bits per heavy atom. The maximum Gasteiger partial charge on any atom is 0.339 e. The quantitative estimate of drug-likeness (QED) is 0.338. The molecule has 0 fully saturated rings. The van der Waals surface area contributed by atoms with E-state index >= 15 is 0 Å². The van der Waals surface area contributed by atoms with Gasteiger partial charge in [0.25, 0.3) is 0 Å². The number of hydrogen-bond acceptors (Lipinski definition) is 5. The number of ether oxygens (including phenoxy) is 1. The van der Waals surface area contributed by atoms with Gasteiger partial charge in [-0.2, -0.15) is 0 Å². The summed E-state index contributed by atoms with van der Waals surface area (Å²) in [5.41, 5.74) is 3.94. The average molecular weight is 472 g/mol. The van der Waals surface area contributed by atoms with E-state index in [4.69, 9.17) is 4.74 Å². The van der Waals surface area contributed by atoms with Gasteiger partial charge in [0.15, 0.2) is 0 Å². The lowest BCUT2D eigenvalue weighted by Crippen LogP contribution is -2.33. The number of carboxylic acids is 1. The molecular weight excluding hydrogens is 442 g/mol. The van der Waals surface area contributed by atoms with Crippen molar-refractivity contribution in [3.05, 3.63) is 83.4 Å². The smallest absolute Gasteiger partial charge is 0.339 e. The molecule has 2 atom stereocenters. The molecule has 0 unspecified atom stereocenters. The Morgan fingerprint density at radius 3 is 2.24 bits per heavy atom. The van der Waals surface area contributed by atoms with Gasteiger partial charge < -0.3 is 25.4 Å². The highest BCUT2D eigenvalue weighted by Crippen LogP contribution is 2.28. The van der Waals surface area contributed by atoms with E-state index in [-0.39, 0.29) is 29.8 Å². The molecule has 0 amide bonds. The number of benzene rings is 3. The van der Waals surface area contributed by atoms with Gasteiger partial charge in [-0.05, 0) is 73.3 Å². The molecular formula is C26H30ClNO5. The molecule has 0 heterocycles. The van der Waals surface area contributed by atoms with E-state index in [1.165, 1.54) is 0 Å². The van der Waals surface area contributed by atoms with Crippen LogP contribution in [0.25, 0.3) is 11.1 Å². The number of rotatable bonds is 10. The second kappa shape index (κ2) is 12.3. The first-order chi connectivity index (χ1) is 15.4. The van der Waals surface area contributed by atoms with Crippen LogP contribution in [0.4, 0.5) is 0 Å². The zero-order valence-corrected chi connectivity index (χ0v) is 19.5. The fraction of sp³-hybridized carbons (Fsp3) is 0.269. The molecule has 0 spiro atoms. The summed E-state index contributed by atoms with van der Waals surface area (Å²) in [6, 6.07) is 19.7. The summed E-state index contributed by atoms with van der Waals surface area (Å²) in [6.07, 6.45) is 0.140. The molecule has 3 aromatic carbocycles. The number of nitrogens with one attached hydrogen (secondary N) is 1. The predicted octanol–water partition coefficient (Wildman–Crippen LogP) is 4.83. The van der Waals surface area contributed by atoms with Crippen molar-refractivity contribution in [3.63, 3.8) is 0 Å². The topological polar surface area (TPSA) is 99.0 Å². The van der Waals surface area contributed by atoms with Gasteiger partial charge in [0.2, 0.25) is 0 Å². The van der Waals surface area contributed by atoms with Crippen LogP contribution >= 0.6 is 12.4 Å². The number of hydrogen-bond donors (Lipinski definition) is 4. The first kappa shape index (κ1) is 26.2. The Bertz CT molecular complexity index is 1040. The van der Waals surface area contributed by atoms with Crippen LogP contribution in [0.1, 0.15) is 41.4 Å². The largest absolute Gasteiger partial charge is 0.508 e. The normalized spacial score (nSPS) is 12.5. The van der Waals surface area contributed by atoms with Crippen LogP contribution < -0.4 is 10.1 Å². The van der Waals surface area contributed by atoms with Gasteiger partial charge in [0, 0.05) is 6.04 Å². The van der Waals surface area contributed by atoms with E-state index in [1.54, 1.807) is 42.5 Å². The van der Waals surface area contributed by atoms with Crippen molar-refractivity contribution in [1.82, 2.24) is 5.32 Å². The molecule has 7 heteroatoms. The maximum absolute atomic E-state index is 11.4. The SMILES string of the molecule is CCOc1cc(-c2ccc(CCN[C@@H](C)[C@@H](O)c3ccc(O)cc3)cc2)ccc1C(=O)O.Cl. The fourth-order valence-electron chi connectivity index (χ4n) is 3.53. The van der Waals surface area contributed by atoms with Crippen LogP contribution in [-0.4, -0.2) is 40.5 Å². The van der Waals surface area contributed by atoms with Crippen molar-refractivity contribution < 1.29 is 24.9 Å². The van der Waals surface area contributed by atoms with Crippen LogP contribution in [0.5, 0.6) is 11.5 Å². The number of carbonyl (C=O) groups is 1. The molecule has 0 saturated carbocycles. The van der Waals surface area contributed by atoms with Crippen molar-refractivity contribution >= 4 is 18.4 Å². The Kier molecular flexibility index (Phi) is 9.73. The van der Waals surface area contributed by atoms with E-state index in [1.807, 2.05) is 38.1 Å². The number of halogens is 1. The molecule has 3 rings (SSSR count). The number of phenolic OH excluding ortho intramolecular Hbond substituents is 1. The van der Waals surface area contributed by atoms with E-state index in [9.17, 15) is 20.1 Å². The van der Waals surface area contributed by atoms with Gasteiger partial charge in [-0.3, -0.25) is 0 Å². The fourth-order valence-corrected chi connectivity index (χ4v) is 3.53. The van der Waals surface area contributed by atoms with Crippen LogP contribution in [0.15, 0.2) is 66.7 Å². The van der Waals surface area contributed by atoms with Crippen molar-refractivity contribution in [1.29, 1.82) is 0 Å². The molecule has 0 saturated heterocycles. The minimum Gasteiger partial charge on any atom is -0.508 e. The first-order valence-electron chi connectivity index (χ1n) is 10.7. The van der Waals surface area contributed by atoms with Gasteiger partial charge in [-0.1, -0.05) is 42.5 Å². The van der Waals surface area contributed by atoms with Crippen LogP contribution in [0.3, 0.4) is 0 Å². The Morgan fingerprint density at radius 1 is 1.00 bits per heavy atom. The van der Waals surface area contributed by atoms with Crippen molar-refractivity contribution in [2.24, 2.45) is 0 Å². The first-order valence-corrected chi connectivity index (χ1v) is 10.7. The maximum atomic E-state index is 11.4. The third kappa shape index (κ3) is 6.96. The lowest BCUT2D eigenvalue weighted by atomic mass is 10.0. The van der Waals surface area contributed by atoms with Crippen molar-refractivity contribution in [3.8, 4) is 22.6 Å². The summed E-state index contributed by atoms with van der Waals surface area (Å²) in [4.78, 5) is 11.4. The summed E-state index contributed by atoms with van der Waals surface area (Å²) in [5, 5.41) is 32.5. The second-order valence-corrected chi connectivity index (χ2v) is 7.68. The van der Waals surface area contributed by atoms with Crippen LogP contribution in [-0.2, 0) is 6.42 Å². The van der Waals surface area contributed by atoms with Crippen LogP contribution in [0, 0.1) is 0 Å². The van der Waals surface area contributed by atoms with Crippen molar-refractivity contribution in [2.45, 2.75) is 32.4 Å². The lowest BCUT2D eigenvalue weighted by Gasteiger charge is -2.21. The van der Waals surface area contributed by atoms with Gasteiger partial charge in [0.1, 0.15) is 17.1 Å². The molecule has 0 radical (unpaired) electrons. The van der Waals surface area contributed by atoms with Crippen LogP contribution in [0.2, 0.25) is 0 Å². The van der Waals surface area contributed by atoms with Gasteiger partial charge in [-0.25, -0.2) is 4.79 Å². The molecule has 3 aromatic rings. The third-order valence-electron chi connectivity index (χ3n) is 5.39. The molecule has 4 N–H and O–H groups in total. The van der Waals surface area contributed by atoms with E-state index < -0.39 is 12.1 Å². The lowest BCUT2D eigenvalue weighted by molar-refractivity contribution is 0.0692. The summed E-state index contributed by atoms with van der Waals surface area (Å²) in [6.45, 7) is 4.86. The molecule has 6 nitrogen and oxygen atoms in total. The average Bonchev–Trinajstić information content (AvgIpc) is 2.79. The zero-order valence-electron chi connectivity index (χ0n) is 18.7. The van der Waals surface area contributed by atoms with Crippen molar-refractivity contribution in [2.75, 3.05) is 13.2 Å². The minimum absolute atomic E-state index is 0. The summed E-state index contributed by atoms with van der Waals surface area (Å²) >= 11 is 0. The summed E-state index contributed by atoms with van der Waals surface area (Å²) in [7, 11) is 0. The highest BCUT2D eigenvalue weighted by Gasteiger charge is 2.16. The second-order valence-electron chi connectivity index (χ2n) is 7.68. The third-order valence-corrected chi connectivity index (χ3v) is 5.39. The van der Waals surface area contributed by atoms with Gasteiger partial charge in [-0.15, -0.1) is 12.4 Å². The standard InChI is InChI=1S/C26H29NO5.ClH/c1-3-32-24-16-21(10-13-23(24)26(30)31)19-6-4-18(5-7-19)14-15-27-17(2)25(29)20-8-11-22(28)12-9-20;/h4-13,16-17,25,27-29H,3,14-15H2,1-2H3,(H,30,31);1H/t17-,25+;/m0./s1. The Labute approximate surface area is 200 Å². The number of aliphatic hydroxyl groups is 1. The van der Waals surface area contributed by atoms with E-state index in [0.717, 1.165) is 28.7 Å². The highest BCUT2D eigenvalue weighted by atomic mass is 35.5. The molecule has 0 aliphatic heterocycles. The number of aliphatic hydroxyl groups excluding tert-OH is 1. The minimum atomic E-state index is -1.01. The van der Waals surface area contributed by atoms with E-state index in [0.29, 0.717) is 18.9 Å². The molecule has 33 heavy (non-hydrogen) atoms. The molecule has 176 valence electrons.